The van der Waals surface area contributed by atoms with Gasteiger partial charge in [-0.3, -0.25) is 0 Å². The third-order valence-electron chi connectivity index (χ3n) is 4.98. The Bertz CT molecular complexity index is 503. The van der Waals surface area contributed by atoms with Gasteiger partial charge in [0.05, 0.1) is 13.2 Å². The number of rotatable bonds is 20. The van der Waals surface area contributed by atoms with Crippen LogP contribution in [-0.4, -0.2) is 36.8 Å². The van der Waals surface area contributed by atoms with Crippen molar-refractivity contribution < 1.29 is 14.2 Å². The molecule has 0 saturated carbocycles. The molecular weight excluding hydrogens is 443 g/mol. The van der Waals surface area contributed by atoms with Gasteiger partial charge in [-0.15, -0.1) is 34.8 Å². The van der Waals surface area contributed by atoms with Crippen molar-refractivity contribution >= 4 is 34.8 Å². The van der Waals surface area contributed by atoms with E-state index in [1.807, 2.05) is 12.1 Å². The Morgan fingerprint density at radius 3 is 1.67 bits per heavy atom. The minimum absolute atomic E-state index is 0.0150. The van der Waals surface area contributed by atoms with Gasteiger partial charge in [-0.25, -0.2) is 0 Å². The second-order valence-corrected chi connectivity index (χ2v) is 8.59. The summed E-state index contributed by atoms with van der Waals surface area (Å²) in [5.74, 6) is -0.0647. The highest BCUT2D eigenvalue weighted by atomic mass is 35.5. The van der Waals surface area contributed by atoms with Crippen LogP contribution in [0.1, 0.15) is 76.7 Å². The molecule has 30 heavy (non-hydrogen) atoms. The summed E-state index contributed by atoms with van der Waals surface area (Å²) in [5, 5.41) is 0. The van der Waals surface area contributed by atoms with Crippen molar-refractivity contribution in [1.82, 2.24) is 0 Å². The van der Waals surface area contributed by atoms with Gasteiger partial charge in [-0.2, -0.15) is 0 Å². The Morgan fingerprint density at radius 1 is 0.700 bits per heavy atom. The Morgan fingerprint density at radius 2 is 1.20 bits per heavy atom. The lowest BCUT2D eigenvalue weighted by molar-refractivity contribution is -0.325. The molecule has 0 saturated heterocycles. The Balaban J connectivity index is 2.32. The van der Waals surface area contributed by atoms with Crippen LogP contribution >= 0.6 is 34.8 Å². The van der Waals surface area contributed by atoms with Gasteiger partial charge >= 0.3 is 5.97 Å². The average molecular weight is 482 g/mol. The predicted molar refractivity (Wildman–Crippen MR) is 129 cm³/mol. The number of unbranched alkanes of at least 4 members (excludes halogenated alkanes) is 9. The first-order valence-electron chi connectivity index (χ1n) is 11.4. The van der Waals surface area contributed by atoms with Gasteiger partial charge in [-0.05, 0) is 30.5 Å². The maximum absolute atomic E-state index is 6.07. The fourth-order valence-electron chi connectivity index (χ4n) is 3.31. The van der Waals surface area contributed by atoms with Crippen LogP contribution in [0, 0.1) is 0 Å². The van der Waals surface area contributed by atoms with Crippen LogP contribution in [0.3, 0.4) is 0 Å². The second-order valence-electron chi connectivity index (χ2n) is 7.57. The molecule has 1 rings (SSSR count). The maximum Gasteiger partial charge on any atom is 0.341 e. The Kier molecular flexibility index (Phi) is 17.1. The first-order valence-corrected chi connectivity index (χ1v) is 13.0. The molecule has 0 fully saturated rings. The van der Waals surface area contributed by atoms with Crippen molar-refractivity contribution in [2.45, 2.75) is 83.5 Å². The summed E-state index contributed by atoms with van der Waals surface area (Å²) in [5.41, 5.74) is 1.31. The summed E-state index contributed by atoms with van der Waals surface area (Å²) in [6.45, 7) is 2.81. The van der Waals surface area contributed by atoms with Crippen LogP contribution in [0.2, 0.25) is 0 Å². The van der Waals surface area contributed by atoms with Crippen LogP contribution in [0.5, 0.6) is 5.75 Å². The van der Waals surface area contributed by atoms with E-state index in [0.717, 1.165) is 6.42 Å². The second kappa shape index (κ2) is 18.4. The van der Waals surface area contributed by atoms with Gasteiger partial charge in [0.1, 0.15) is 11.6 Å². The molecule has 0 aromatic heterocycles. The van der Waals surface area contributed by atoms with Gasteiger partial charge in [0.25, 0.3) is 0 Å². The molecule has 0 bridgehead atoms. The smallest absolute Gasteiger partial charge is 0.341 e. The fraction of sp³-hybridized carbons (Fsp3) is 0.750. The van der Waals surface area contributed by atoms with E-state index in [-0.39, 0.29) is 19.1 Å². The average Bonchev–Trinajstić information content (AvgIpc) is 2.78. The molecule has 0 aliphatic heterocycles. The van der Waals surface area contributed by atoms with Crippen LogP contribution < -0.4 is 4.74 Å². The molecule has 0 aliphatic carbocycles. The normalized spacial score (nSPS) is 11.7. The van der Waals surface area contributed by atoms with Gasteiger partial charge in [0.2, 0.25) is 0 Å². The molecule has 1 aromatic carbocycles. The fourth-order valence-corrected chi connectivity index (χ4v) is 3.68. The lowest BCUT2D eigenvalue weighted by Gasteiger charge is -2.31. The monoisotopic (exact) mass is 480 g/mol. The van der Waals surface area contributed by atoms with Crippen molar-refractivity contribution in [2.75, 3.05) is 30.9 Å². The first-order chi connectivity index (χ1) is 14.7. The lowest BCUT2D eigenvalue weighted by Crippen LogP contribution is -2.45. The van der Waals surface area contributed by atoms with Gasteiger partial charge in [0.15, 0.2) is 0 Å². The van der Waals surface area contributed by atoms with E-state index < -0.39 is 5.97 Å². The standard InChI is InChI=1S/C24H39Cl3O3/c1-2-3-4-5-6-7-8-9-10-11-12-22-13-15-23(16-14-22)30-24(21-27,28-19-17-25)29-20-18-26/h13-16H,2-12,17-21H2,1H3. The van der Waals surface area contributed by atoms with Gasteiger partial charge in [0, 0.05) is 11.8 Å². The molecule has 0 amide bonds. The molecule has 174 valence electrons. The highest BCUT2D eigenvalue weighted by Gasteiger charge is 2.34. The SMILES string of the molecule is CCCCCCCCCCCCc1ccc(OC(CCl)(OCCCl)OCCCl)cc1. The Labute approximate surface area is 198 Å². The van der Waals surface area contributed by atoms with E-state index in [4.69, 9.17) is 49.0 Å². The van der Waals surface area contributed by atoms with Crippen molar-refractivity contribution in [3.05, 3.63) is 29.8 Å². The molecule has 0 unspecified atom stereocenters. The summed E-state index contributed by atoms with van der Waals surface area (Å²) >= 11 is 17.5. The minimum atomic E-state index is -1.37. The van der Waals surface area contributed by atoms with E-state index in [9.17, 15) is 0 Å². The molecule has 0 atom stereocenters. The van der Waals surface area contributed by atoms with Crippen molar-refractivity contribution in [3.63, 3.8) is 0 Å². The van der Waals surface area contributed by atoms with Gasteiger partial charge in [-0.1, -0.05) is 76.8 Å². The minimum Gasteiger partial charge on any atom is -0.438 e. The van der Waals surface area contributed by atoms with Crippen molar-refractivity contribution in [2.24, 2.45) is 0 Å². The molecular formula is C24H39Cl3O3. The molecule has 0 radical (unpaired) electrons. The third-order valence-corrected chi connectivity index (χ3v) is 5.61. The van der Waals surface area contributed by atoms with E-state index in [1.54, 1.807) is 0 Å². The summed E-state index contributed by atoms with van der Waals surface area (Å²) in [6, 6.07) is 8.04. The summed E-state index contributed by atoms with van der Waals surface area (Å²) in [4.78, 5) is 0. The van der Waals surface area contributed by atoms with Crippen molar-refractivity contribution in [1.29, 1.82) is 0 Å². The summed E-state index contributed by atoms with van der Waals surface area (Å²) in [6.07, 6.45) is 14.6. The molecule has 3 nitrogen and oxygen atoms in total. The van der Waals surface area contributed by atoms with Gasteiger partial charge < -0.3 is 14.2 Å². The predicted octanol–water partition coefficient (Wildman–Crippen LogP) is 7.93. The van der Waals surface area contributed by atoms with E-state index >= 15 is 0 Å². The first kappa shape index (κ1) is 27.8. The summed E-state index contributed by atoms with van der Waals surface area (Å²) in [7, 11) is 0. The number of hydrogen-bond donors (Lipinski definition) is 0. The Hall–Kier alpha value is -0.190. The number of halogens is 3. The van der Waals surface area contributed by atoms with Crippen LogP contribution in [0.25, 0.3) is 0 Å². The van der Waals surface area contributed by atoms with Crippen LogP contribution in [0.15, 0.2) is 24.3 Å². The molecule has 0 heterocycles. The number of benzene rings is 1. The molecule has 0 N–H and O–H groups in total. The highest BCUT2D eigenvalue weighted by Crippen LogP contribution is 2.24. The van der Waals surface area contributed by atoms with Crippen LogP contribution in [0.4, 0.5) is 0 Å². The maximum atomic E-state index is 6.07. The lowest BCUT2D eigenvalue weighted by atomic mass is 10.0. The zero-order chi connectivity index (χ0) is 21.9. The molecule has 1 aromatic rings. The molecule has 0 aliphatic rings. The van der Waals surface area contributed by atoms with E-state index in [0.29, 0.717) is 17.5 Å². The largest absolute Gasteiger partial charge is 0.438 e. The number of aryl methyl sites for hydroxylation is 1. The zero-order valence-electron chi connectivity index (χ0n) is 18.5. The van der Waals surface area contributed by atoms with Crippen molar-refractivity contribution in [3.8, 4) is 5.75 Å². The number of hydrogen-bond acceptors (Lipinski definition) is 3. The number of alkyl halides is 3. The molecule has 0 spiro atoms. The van der Waals surface area contributed by atoms with E-state index in [1.165, 1.54) is 69.8 Å². The van der Waals surface area contributed by atoms with Crippen LogP contribution in [-0.2, 0) is 15.9 Å². The number of ether oxygens (including phenoxy) is 3. The molecule has 6 heteroatoms. The zero-order valence-corrected chi connectivity index (χ0v) is 20.7. The summed E-state index contributed by atoms with van der Waals surface area (Å²) < 4.78 is 17.2. The quantitative estimate of drug-likeness (QED) is 0.107. The third kappa shape index (κ3) is 12.6. The highest BCUT2D eigenvalue weighted by molar-refractivity contribution is 6.18. The van der Waals surface area contributed by atoms with E-state index in [2.05, 4.69) is 19.1 Å². The topological polar surface area (TPSA) is 27.7 Å².